The van der Waals surface area contributed by atoms with E-state index < -0.39 is 0 Å². The Balaban J connectivity index is 0.000000612. The summed E-state index contributed by atoms with van der Waals surface area (Å²) >= 11 is 0.149. The second kappa shape index (κ2) is 31.8. The van der Waals surface area contributed by atoms with Gasteiger partial charge in [0.05, 0.1) is 0 Å². The molecule has 0 fully saturated rings. The molecule has 2 rings (SSSR count). The maximum atomic E-state index is 11.4. The maximum absolute atomic E-state index is 11.4. The minimum atomic E-state index is 0.149. The topological polar surface area (TPSA) is 46.1 Å². The molecule has 41 heavy (non-hydrogen) atoms. The average molecular weight is 672 g/mol. The molecule has 0 aliphatic heterocycles. The summed E-state index contributed by atoms with van der Waals surface area (Å²) in [5.41, 5.74) is 1.96. The van der Waals surface area contributed by atoms with E-state index in [0.29, 0.717) is 0 Å². The molecule has 2 aromatic rings. The van der Waals surface area contributed by atoms with Gasteiger partial charge in [0.2, 0.25) is 0 Å². The Bertz CT molecular complexity index is 726. The third-order valence-electron chi connectivity index (χ3n) is 7.46. The number of benzene rings is 2. The van der Waals surface area contributed by atoms with Crippen molar-refractivity contribution in [2.45, 2.75) is 165 Å². The Morgan fingerprint density at radius 3 is 1.07 bits per heavy atom. The van der Waals surface area contributed by atoms with Gasteiger partial charge in [0, 0.05) is 0 Å². The van der Waals surface area contributed by atoms with Crippen molar-refractivity contribution >= 4 is 21.1 Å². The summed E-state index contributed by atoms with van der Waals surface area (Å²) in [5, 5.41) is 22.8. The van der Waals surface area contributed by atoms with Gasteiger partial charge in [-0.3, -0.25) is 0 Å². The fraction of sp³-hybridized carbons (Fsp3) is 0.684. The Morgan fingerprint density at radius 1 is 0.415 bits per heavy atom. The van der Waals surface area contributed by atoms with Crippen LogP contribution in [-0.2, 0) is 12.8 Å². The summed E-state index contributed by atoms with van der Waals surface area (Å²) in [4.78, 5) is 0. The molecule has 2 nitrogen and oxygen atoms in total. The first-order valence-corrected chi connectivity index (χ1v) is 21.3. The molecule has 0 aliphatic carbocycles. The average Bonchev–Trinajstić information content (AvgIpc) is 2.99. The normalized spacial score (nSPS) is 10.2. The van der Waals surface area contributed by atoms with Crippen LogP contribution in [0.4, 0.5) is 0 Å². The van der Waals surface area contributed by atoms with Gasteiger partial charge in [0.1, 0.15) is 0 Å². The van der Waals surface area contributed by atoms with Gasteiger partial charge in [-0.05, 0) is 25.7 Å². The minimum absolute atomic E-state index is 0.149. The number of hydrogen-bond donors (Lipinski definition) is 0. The van der Waals surface area contributed by atoms with E-state index in [2.05, 4.69) is 27.7 Å². The van der Waals surface area contributed by atoms with Crippen molar-refractivity contribution < 1.29 is 10.2 Å². The summed E-state index contributed by atoms with van der Waals surface area (Å²) in [6.45, 7) is 9.06. The summed E-state index contributed by atoms with van der Waals surface area (Å²) in [6, 6.07) is 14.8. The molecule has 232 valence electrons. The Kier molecular flexibility index (Phi) is 30.9. The van der Waals surface area contributed by atoms with Crippen LogP contribution in [0.2, 0.25) is 8.87 Å². The zero-order valence-electron chi connectivity index (χ0n) is 27.5. The molecule has 0 heterocycles. The molecule has 0 amide bonds. The van der Waals surface area contributed by atoms with Gasteiger partial charge in [-0.15, -0.1) is 11.5 Å². The van der Waals surface area contributed by atoms with E-state index in [0.717, 1.165) is 36.8 Å². The van der Waals surface area contributed by atoms with Crippen LogP contribution in [0.3, 0.4) is 0 Å². The van der Waals surface area contributed by atoms with Crippen LogP contribution in [0.5, 0.6) is 11.5 Å². The van der Waals surface area contributed by atoms with Gasteiger partial charge < -0.3 is 10.2 Å². The number of rotatable bonds is 22. The van der Waals surface area contributed by atoms with Gasteiger partial charge >= 0.3 is 69.5 Å². The van der Waals surface area contributed by atoms with Crippen LogP contribution in [0.1, 0.15) is 154 Å². The predicted octanol–water partition coefficient (Wildman–Crippen LogP) is 11.2. The molecule has 0 aliphatic rings. The third-order valence-corrected chi connectivity index (χ3v) is 11.5. The van der Waals surface area contributed by atoms with E-state index in [-0.39, 0.29) is 32.6 Å². The van der Waals surface area contributed by atoms with Crippen LogP contribution < -0.4 is 10.2 Å². The number of unbranched alkanes of at least 4 members (excludes halogenated alkanes) is 14. The monoisotopic (exact) mass is 672 g/mol. The molecular weight excluding hydrogens is 607 g/mol. The van der Waals surface area contributed by atoms with Crippen molar-refractivity contribution in [2.75, 3.05) is 0 Å². The van der Waals surface area contributed by atoms with E-state index in [1.807, 2.05) is 36.4 Å². The molecule has 0 spiro atoms. The SMILES string of the molecule is CCCCCCCCCc1ccccc1[O-].CCCCCCCCCc1ccccc1[O-].CCC[CH2][Sn+2][CH2]CCC. The van der Waals surface area contributed by atoms with Gasteiger partial charge in [-0.2, -0.15) is 0 Å². The van der Waals surface area contributed by atoms with Gasteiger partial charge in [0.15, 0.2) is 0 Å². The summed E-state index contributed by atoms with van der Waals surface area (Å²) < 4.78 is 3.25. The second-order valence-corrected chi connectivity index (χ2v) is 15.7. The zero-order valence-corrected chi connectivity index (χ0v) is 30.3. The van der Waals surface area contributed by atoms with Crippen molar-refractivity contribution in [3.63, 3.8) is 0 Å². The standard InChI is InChI=1S/2C15H24O.2C4H9.Sn/c2*1-2-3-4-5-6-7-8-11-14-12-9-10-13-15(14)16;2*1-3-4-2;/h2*9-10,12-13,16H,2-8,11H2,1H3;2*1,3-4H2,2H3;/q;;;;+2/p-2. The number of aryl methyl sites for hydroxylation is 2. The Morgan fingerprint density at radius 2 is 0.732 bits per heavy atom. The molecule has 0 aromatic heterocycles. The van der Waals surface area contributed by atoms with Crippen molar-refractivity contribution in [2.24, 2.45) is 0 Å². The molecule has 0 unspecified atom stereocenters. The van der Waals surface area contributed by atoms with Crippen LogP contribution in [0, 0.1) is 0 Å². The van der Waals surface area contributed by atoms with Gasteiger partial charge in [-0.25, -0.2) is 0 Å². The molecule has 0 radical (unpaired) electrons. The molecule has 0 atom stereocenters. The number of hydrogen-bond acceptors (Lipinski definition) is 2. The van der Waals surface area contributed by atoms with Gasteiger partial charge in [0.25, 0.3) is 0 Å². The van der Waals surface area contributed by atoms with E-state index in [9.17, 15) is 10.2 Å². The van der Waals surface area contributed by atoms with Crippen LogP contribution in [0.15, 0.2) is 48.5 Å². The summed E-state index contributed by atoms with van der Waals surface area (Å²) in [5.74, 6) is 0.405. The van der Waals surface area contributed by atoms with Crippen molar-refractivity contribution in [1.29, 1.82) is 0 Å². The fourth-order valence-corrected chi connectivity index (χ4v) is 8.85. The molecule has 0 saturated carbocycles. The van der Waals surface area contributed by atoms with Gasteiger partial charge in [-0.1, -0.05) is 151 Å². The van der Waals surface area contributed by atoms with Crippen LogP contribution in [0.25, 0.3) is 0 Å². The Labute approximate surface area is 266 Å². The van der Waals surface area contributed by atoms with Crippen molar-refractivity contribution in [3.05, 3.63) is 59.7 Å². The summed E-state index contributed by atoms with van der Waals surface area (Å²) in [7, 11) is 0. The molecule has 2 aromatic carbocycles. The predicted molar refractivity (Wildman–Crippen MR) is 180 cm³/mol. The van der Waals surface area contributed by atoms with E-state index in [1.165, 1.54) is 103 Å². The second-order valence-electron chi connectivity index (χ2n) is 11.4. The first-order valence-electron chi connectivity index (χ1n) is 17.3. The molecule has 0 bridgehead atoms. The van der Waals surface area contributed by atoms with Crippen LogP contribution >= 0.6 is 0 Å². The molecular formula is C38H64O2Sn. The van der Waals surface area contributed by atoms with E-state index >= 15 is 0 Å². The third kappa shape index (κ3) is 26.2. The summed E-state index contributed by atoms with van der Waals surface area (Å²) in [6.07, 6.45) is 26.0. The van der Waals surface area contributed by atoms with E-state index in [1.54, 1.807) is 21.0 Å². The van der Waals surface area contributed by atoms with Crippen molar-refractivity contribution in [3.8, 4) is 11.5 Å². The Hall–Kier alpha value is -1.16. The molecule has 3 heteroatoms. The molecule has 0 saturated heterocycles. The van der Waals surface area contributed by atoms with Crippen LogP contribution in [-0.4, -0.2) is 21.1 Å². The van der Waals surface area contributed by atoms with Crippen molar-refractivity contribution in [1.82, 2.24) is 0 Å². The first-order chi connectivity index (χ1) is 20.1. The fourth-order valence-electron chi connectivity index (χ4n) is 4.69. The zero-order chi connectivity index (χ0) is 30.2. The first kappa shape index (κ1) is 39.8. The quantitative estimate of drug-likeness (QED) is 0.0924. The number of para-hydroxylation sites is 2. The molecule has 0 N–H and O–H groups in total. The van der Waals surface area contributed by atoms with E-state index in [4.69, 9.17) is 0 Å².